The van der Waals surface area contributed by atoms with Crippen molar-refractivity contribution >= 4 is 23.4 Å². The maximum Gasteiger partial charge on any atom is 0.165 e. The van der Waals surface area contributed by atoms with Crippen LogP contribution in [0, 0.1) is 5.82 Å². The Kier molecular flexibility index (Phi) is 3.79. The first-order valence-electron chi connectivity index (χ1n) is 4.62. The first-order chi connectivity index (χ1) is 7.78. The van der Waals surface area contributed by atoms with Gasteiger partial charge in [-0.2, -0.15) is 5.10 Å². The molecular weight excluding hydrogens is 249 g/mol. The molecule has 0 atom stereocenters. The molecule has 6 heteroatoms. The molecule has 2 rings (SSSR count). The summed E-state index contributed by atoms with van der Waals surface area (Å²) in [4.78, 5) is 5.02. The third-order valence-electron chi connectivity index (χ3n) is 1.87. The monoisotopic (exact) mass is 257 g/mol. The van der Waals surface area contributed by atoms with Crippen molar-refractivity contribution in [3.8, 4) is 0 Å². The van der Waals surface area contributed by atoms with E-state index in [1.807, 2.05) is 6.07 Å². The number of nitrogens with zero attached hydrogens (tertiary/aromatic N) is 2. The van der Waals surface area contributed by atoms with E-state index in [1.165, 1.54) is 23.9 Å². The van der Waals surface area contributed by atoms with Crippen molar-refractivity contribution in [1.29, 1.82) is 0 Å². The Morgan fingerprint density at radius 1 is 1.44 bits per heavy atom. The SMILES string of the molecule is Fc1cccc(SCc2nc(CCl)n[nH]2)c1. The number of halogens is 2. The molecule has 84 valence electrons. The lowest BCUT2D eigenvalue weighted by Crippen LogP contribution is -1.85. The molecule has 0 spiro atoms. The van der Waals surface area contributed by atoms with Crippen molar-refractivity contribution < 1.29 is 4.39 Å². The van der Waals surface area contributed by atoms with Crippen molar-refractivity contribution in [3.05, 3.63) is 41.7 Å². The lowest BCUT2D eigenvalue weighted by atomic mass is 10.4. The number of nitrogens with one attached hydrogen (secondary N) is 1. The van der Waals surface area contributed by atoms with E-state index in [1.54, 1.807) is 6.07 Å². The number of aromatic amines is 1. The van der Waals surface area contributed by atoms with Gasteiger partial charge < -0.3 is 0 Å². The summed E-state index contributed by atoms with van der Waals surface area (Å²) in [5.74, 6) is 2.00. The minimum atomic E-state index is -0.232. The Morgan fingerprint density at radius 2 is 2.31 bits per heavy atom. The highest BCUT2D eigenvalue weighted by atomic mass is 35.5. The third-order valence-corrected chi connectivity index (χ3v) is 3.11. The van der Waals surface area contributed by atoms with Crippen LogP contribution in [0.3, 0.4) is 0 Å². The Morgan fingerprint density at radius 3 is 3.00 bits per heavy atom. The summed E-state index contributed by atoms with van der Waals surface area (Å²) in [6.07, 6.45) is 0. The van der Waals surface area contributed by atoms with Crippen molar-refractivity contribution in [2.24, 2.45) is 0 Å². The van der Waals surface area contributed by atoms with Crippen molar-refractivity contribution in [3.63, 3.8) is 0 Å². The van der Waals surface area contributed by atoms with E-state index in [0.717, 1.165) is 10.7 Å². The van der Waals surface area contributed by atoms with Crippen LogP contribution in [0.15, 0.2) is 29.2 Å². The topological polar surface area (TPSA) is 41.6 Å². The Bertz CT molecular complexity index is 475. The number of hydrogen-bond donors (Lipinski definition) is 1. The van der Waals surface area contributed by atoms with Crippen LogP contribution in [-0.4, -0.2) is 15.2 Å². The van der Waals surface area contributed by atoms with Crippen LogP contribution in [0.1, 0.15) is 11.6 Å². The van der Waals surface area contributed by atoms with Crippen molar-refractivity contribution in [2.75, 3.05) is 0 Å². The van der Waals surface area contributed by atoms with Gasteiger partial charge in [-0.1, -0.05) is 6.07 Å². The second kappa shape index (κ2) is 5.32. The molecule has 2 aromatic rings. The molecule has 1 aromatic carbocycles. The highest BCUT2D eigenvalue weighted by Gasteiger charge is 2.03. The van der Waals surface area contributed by atoms with Gasteiger partial charge in [-0.05, 0) is 18.2 Å². The molecule has 0 radical (unpaired) electrons. The van der Waals surface area contributed by atoms with E-state index < -0.39 is 0 Å². The van der Waals surface area contributed by atoms with Crippen LogP contribution in [0.5, 0.6) is 0 Å². The summed E-state index contributed by atoms with van der Waals surface area (Å²) in [5, 5.41) is 6.69. The van der Waals surface area contributed by atoms with Crippen LogP contribution >= 0.6 is 23.4 Å². The highest BCUT2D eigenvalue weighted by molar-refractivity contribution is 7.98. The van der Waals surface area contributed by atoms with Crippen LogP contribution in [0.25, 0.3) is 0 Å². The Hall–Kier alpha value is -1.07. The summed E-state index contributed by atoms with van der Waals surface area (Å²) >= 11 is 7.07. The van der Waals surface area contributed by atoms with Crippen molar-refractivity contribution in [1.82, 2.24) is 15.2 Å². The summed E-state index contributed by atoms with van der Waals surface area (Å²) < 4.78 is 12.9. The predicted molar refractivity (Wildman–Crippen MR) is 61.9 cm³/mol. The molecule has 1 heterocycles. The molecule has 1 aromatic heterocycles. The van der Waals surface area contributed by atoms with Gasteiger partial charge in [-0.3, -0.25) is 5.10 Å². The Balaban J connectivity index is 1.96. The average molecular weight is 258 g/mol. The summed E-state index contributed by atoms with van der Waals surface area (Å²) in [6, 6.07) is 6.45. The van der Waals surface area contributed by atoms with Crippen LogP contribution in [0.4, 0.5) is 4.39 Å². The fourth-order valence-electron chi connectivity index (χ4n) is 1.17. The number of thioether (sulfide) groups is 1. The molecule has 3 nitrogen and oxygen atoms in total. The lowest BCUT2D eigenvalue weighted by Gasteiger charge is -1.98. The smallest absolute Gasteiger partial charge is 0.165 e. The number of benzene rings is 1. The molecule has 0 amide bonds. The maximum absolute atomic E-state index is 12.9. The number of alkyl halides is 1. The zero-order chi connectivity index (χ0) is 11.4. The number of hydrogen-bond acceptors (Lipinski definition) is 3. The van der Waals surface area contributed by atoms with E-state index in [9.17, 15) is 4.39 Å². The van der Waals surface area contributed by atoms with Gasteiger partial charge in [0.25, 0.3) is 0 Å². The molecule has 0 aliphatic heterocycles. The lowest BCUT2D eigenvalue weighted by molar-refractivity contribution is 0.624. The number of H-pyrrole nitrogens is 1. The largest absolute Gasteiger partial charge is 0.262 e. The second-order valence-electron chi connectivity index (χ2n) is 3.08. The summed E-state index contributed by atoms with van der Waals surface area (Å²) in [7, 11) is 0. The van der Waals surface area contributed by atoms with Gasteiger partial charge in [0.1, 0.15) is 11.6 Å². The molecule has 0 saturated heterocycles. The fourth-order valence-corrected chi connectivity index (χ4v) is 2.09. The van der Waals surface area contributed by atoms with Gasteiger partial charge in [0.05, 0.1) is 11.6 Å². The third kappa shape index (κ3) is 2.96. The molecular formula is C10H9ClFN3S. The zero-order valence-corrected chi connectivity index (χ0v) is 9.85. The molecule has 1 N–H and O–H groups in total. The highest BCUT2D eigenvalue weighted by Crippen LogP contribution is 2.21. The van der Waals surface area contributed by atoms with Gasteiger partial charge in [-0.25, -0.2) is 9.37 Å². The predicted octanol–water partition coefficient (Wildman–Crippen LogP) is 2.97. The van der Waals surface area contributed by atoms with E-state index in [4.69, 9.17) is 11.6 Å². The molecule has 0 aliphatic rings. The maximum atomic E-state index is 12.9. The van der Waals surface area contributed by atoms with Gasteiger partial charge in [0.2, 0.25) is 0 Å². The molecule has 0 bridgehead atoms. The zero-order valence-electron chi connectivity index (χ0n) is 8.28. The van der Waals surface area contributed by atoms with E-state index in [2.05, 4.69) is 15.2 Å². The summed E-state index contributed by atoms with van der Waals surface area (Å²) in [6.45, 7) is 0. The molecule has 0 saturated carbocycles. The van der Waals surface area contributed by atoms with E-state index >= 15 is 0 Å². The standard InChI is InChI=1S/C10H9ClFN3S/c11-5-9-13-10(15-14-9)6-16-8-3-1-2-7(12)4-8/h1-4H,5-6H2,(H,13,14,15). The number of rotatable bonds is 4. The Labute approximate surface area is 101 Å². The normalized spacial score (nSPS) is 10.6. The van der Waals surface area contributed by atoms with Gasteiger partial charge in [0.15, 0.2) is 5.82 Å². The molecule has 16 heavy (non-hydrogen) atoms. The first-order valence-corrected chi connectivity index (χ1v) is 6.14. The second-order valence-corrected chi connectivity index (χ2v) is 4.39. The van der Waals surface area contributed by atoms with Crippen LogP contribution in [0.2, 0.25) is 0 Å². The van der Waals surface area contributed by atoms with E-state index in [0.29, 0.717) is 17.5 Å². The molecule has 0 fully saturated rings. The minimum absolute atomic E-state index is 0.232. The molecule has 0 aliphatic carbocycles. The van der Waals surface area contributed by atoms with Crippen molar-refractivity contribution in [2.45, 2.75) is 16.5 Å². The molecule has 0 unspecified atom stereocenters. The average Bonchev–Trinajstić information content (AvgIpc) is 2.74. The van der Waals surface area contributed by atoms with Gasteiger partial charge in [-0.15, -0.1) is 23.4 Å². The first kappa shape index (κ1) is 11.4. The van der Waals surface area contributed by atoms with Crippen LogP contribution in [-0.2, 0) is 11.6 Å². The fraction of sp³-hybridized carbons (Fsp3) is 0.200. The minimum Gasteiger partial charge on any atom is -0.262 e. The van der Waals surface area contributed by atoms with Crippen LogP contribution < -0.4 is 0 Å². The van der Waals surface area contributed by atoms with E-state index in [-0.39, 0.29) is 5.82 Å². The van der Waals surface area contributed by atoms with Gasteiger partial charge >= 0.3 is 0 Å². The quantitative estimate of drug-likeness (QED) is 0.676. The summed E-state index contributed by atoms with van der Waals surface area (Å²) in [5.41, 5.74) is 0. The van der Waals surface area contributed by atoms with Gasteiger partial charge in [0, 0.05) is 4.90 Å². The number of aromatic nitrogens is 3.